The van der Waals surface area contributed by atoms with Gasteiger partial charge >= 0.3 is 0 Å². The van der Waals surface area contributed by atoms with Gasteiger partial charge in [0.05, 0.1) is 13.0 Å². The van der Waals surface area contributed by atoms with E-state index in [9.17, 15) is 4.79 Å². The fourth-order valence-electron chi connectivity index (χ4n) is 1.62. The number of rotatable bonds is 7. The third-order valence-corrected chi connectivity index (χ3v) is 2.86. The summed E-state index contributed by atoms with van der Waals surface area (Å²) in [6.07, 6.45) is 0.355. The zero-order valence-electron chi connectivity index (χ0n) is 12.9. The molecule has 0 aliphatic heterocycles. The van der Waals surface area contributed by atoms with Gasteiger partial charge in [-0.2, -0.15) is 0 Å². The van der Waals surface area contributed by atoms with Gasteiger partial charge in [0.15, 0.2) is 0 Å². The normalized spacial score (nSPS) is 11.5. The molecule has 0 saturated carbocycles. The van der Waals surface area contributed by atoms with E-state index < -0.39 is 0 Å². The van der Waals surface area contributed by atoms with Crippen LogP contribution >= 0.6 is 0 Å². The minimum absolute atomic E-state index is 0.0173. The monoisotopic (exact) mass is 278 g/mol. The third kappa shape index (κ3) is 6.06. The number of nitrogens with two attached hydrogens (primary N) is 1. The Bertz CT molecular complexity index is 425. The molecule has 0 aromatic heterocycles. The van der Waals surface area contributed by atoms with Crippen molar-refractivity contribution in [2.45, 2.75) is 39.7 Å². The molecule has 1 aromatic carbocycles. The van der Waals surface area contributed by atoms with Gasteiger partial charge in [-0.15, -0.1) is 0 Å². The third-order valence-electron chi connectivity index (χ3n) is 2.86. The van der Waals surface area contributed by atoms with Gasteiger partial charge in [0, 0.05) is 12.1 Å². The summed E-state index contributed by atoms with van der Waals surface area (Å²) in [5.41, 5.74) is 6.20. The van der Waals surface area contributed by atoms with Gasteiger partial charge in [-0.3, -0.25) is 4.79 Å². The average molecular weight is 278 g/mol. The molecule has 1 rings (SSSR count). The molecule has 1 amide bonds. The SMILES string of the molecule is CC(C)COc1ccc(CC(=O)NC(C)(C)CN)cc1. The summed E-state index contributed by atoms with van der Waals surface area (Å²) in [4.78, 5) is 11.9. The first-order valence-electron chi connectivity index (χ1n) is 7.05. The van der Waals surface area contributed by atoms with Gasteiger partial charge in [-0.25, -0.2) is 0 Å². The largest absolute Gasteiger partial charge is 0.493 e. The molecule has 0 saturated heterocycles. The van der Waals surface area contributed by atoms with E-state index in [0.717, 1.165) is 11.3 Å². The topological polar surface area (TPSA) is 64.3 Å². The summed E-state index contributed by atoms with van der Waals surface area (Å²) in [6.45, 7) is 9.16. The van der Waals surface area contributed by atoms with Crippen molar-refractivity contribution in [2.24, 2.45) is 11.7 Å². The highest BCUT2D eigenvalue weighted by Gasteiger charge is 2.18. The van der Waals surface area contributed by atoms with Crippen LogP contribution in [0.1, 0.15) is 33.3 Å². The standard InChI is InChI=1S/C16H26N2O2/c1-12(2)10-20-14-7-5-13(6-8-14)9-15(19)18-16(3,4)11-17/h5-8,12H,9-11,17H2,1-4H3,(H,18,19). The summed E-state index contributed by atoms with van der Waals surface area (Å²) >= 11 is 0. The molecule has 0 radical (unpaired) electrons. The average Bonchev–Trinajstić information content (AvgIpc) is 2.37. The highest BCUT2D eigenvalue weighted by Crippen LogP contribution is 2.14. The van der Waals surface area contributed by atoms with Crippen molar-refractivity contribution in [2.75, 3.05) is 13.2 Å². The Hall–Kier alpha value is -1.55. The molecular formula is C16H26N2O2. The fourth-order valence-corrected chi connectivity index (χ4v) is 1.62. The smallest absolute Gasteiger partial charge is 0.224 e. The molecule has 0 spiro atoms. The molecule has 20 heavy (non-hydrogen) atoms. The number of hydrogen-bond acceptors (Lipinski definition) is 3. The number of carbonyl (C=O) groups excluding carboxylic acids is 1. The molecule has 112 valence electrons. The fraction of sp³-hybridized carbons (Fsp3) is 0.562. The first-order chi connectivity index (χ1) is 9.32. The lowest BCUT2D eigenvalue weighted by molar-refractivity contribution is -0.121. The van der Waals surface area contributed by atoms with Crippen LogP contribution in [-0.2, 0) is 11.2 Å². The minimum atomic E-state index is -0.364. The van der Waals surface area contributed by atoms with Crippen LogP contribution in [-0.4, -0.2) is 24.6 Å². The van der Waals surface area contributed by atoms with Crippen LogP contribution in [0.3, 0.4) is 0 Å². The minimum Gasteiger partial charge on any atom is -0.493 e. The molecule has 0 heterocycles. The van der Waals surface area contributed by atoms with E-state index in [1.165, 1.54) is 0 Å². The van der Waals surface area contributed by atoms with Crippen molar-refractivity contribution < 1.29 is 9.53 Å². The molecule has 0 unspecified atom stereocenters. The van der Waals surface area contributed by atoms with E-state index in [1.807, 2.05) is 38.1 Å². The summed E-state index contributed by atoms with van der Waals surface area (Å²) < 4.78 is 5.61. The first kappa shape index (κ1) is 16.5. The van der Waals surface area contributed by atoms with E-state index in [1.54, 1.807) is 0 Å². The van der Waals surface area contributed by atoms with Gasteiger partial charge in [-0.1, -0.05) is 26.0 Å². The number of carbonyl (C=O) groups is 1. The Balaban J connectivity index is 2.51. The maximum absolute atomic E-state index is 11.9. The van der Waals surface area contributed by atoms with E-state index in [2.05, 4.69) is 19.2 Å². The van der Waals surface area contributed by atoms with Crippen LogP contribution < -0.4 is 15.8 Å². The summed E-state index contributed by atoms with van der Waals surface area (Å²) in [5.74, 6) is 1.32. The molecule has 3 N–H and O–H groups in total. The van der Waals surface area contributed by atoms with Crippen molar-refractivity contribution in [1.82, 2.24) is 5.32 Å². The molecule has 0 bridgehead atoms. The van der Waals surface area contributed by atoms with Gasteiger partial charge < -0.3 is 15.8 Å². The molecule has 0 atom stereocenters. The predicted octanol–water partition coefficient (Wildman–Crippen LogP) is 2.12. The van der Waals surface area contributed by atoms with Crippen molar-refractivity contribution in [3.63, 3.8) is 0 Å². The highest BCUT2D eigenvalue weighted by atomic mass is 16.5. The van der Waals surface area contributed by atoms with E-state index in [4.69, 9.17) is 10.5 Å². The summed E-state index contributed by atoms with van der Waals surface area (Å²) in [6, 6.07) is 7.65. The van der Waals surface area contributed by atoms with Crippen LogP contribution in [0.25, 0.3) is 0 Å². The highest BCUT2D eigenvalue weighted by molar-refractivity contribution is 5.79. The van der Waals surface area contributed by atoms with Crippen LogP contribution in [0.15, 0.2) is 24.3 Å². The van der Waals surface area contributed by atoms with Crippen molar-refractivity contribution >= 4 is 5.91 Å². The second-order valence-corrected chi connectivity index (χ2v) is 6.16. The van der Waals surface area contributed by atoms with Crippen molar-refractivity contribution in [1.29, 1.82) is 0 Å². The van der Waals surface area contributed by atoms with E-state index >= 15 is 0 Å². The van der Waals surface area contributed by atoms with Gasteiger partial charge in [0.1, 0.15) is 5.75 Å². The lowest BCUT2D eigenvalue weighted by Gasteiger charge is -2.24. The van der Waals surface area contributed by atoms with Crippen LogP contribution in [0.5, 0.6) is 5.75 Å². The first-order valence-corrected chi connectivity index (χ1v) is 7.05. The second-order valence-electron chi connectivity index (χ2n) is 6.16. The van der Waals surface area contributed by atoms with Crippen LogP contribution in [0.2, 0.25) is 0 Å². The zero-order valence-corrected chi connectivity index (χ0v) is 12.9. The molecule has 0 aliphatic rings. The molecule has 0 aliphatic carbocycles. The van der Waals surface area contributed by atoms with Crippen molar-refractivity contribution in [3.05, 3.63) is 29.8 Å². The van der Waals surface area contributed by atoms with Crippen LogP contribution in [0.4, 0.5) is 0 Å². The number of amides is 1. The van der Waals surface area contributed by atoms with Gasteiger partial charge in [-0.05, 0) is 37.5 Å². The lowest BCUT2D eigenvalue weighted by atomic mass is 10.0. The van der Waals surface area contributed by atoms with Crippen LogP contribution in [0, 0.1) is 5.92 Å². The Morgan fingerprint density at radius 2 is 1.90 bits per heavy atom. The summed E-state index contributed by atoms with van der Waals surface area (Å²) in [5, 5.41) is 2.91. The molecular weight excluding hydrogens is 252 g/mol. The molecule has 4 heteroatoms. The number of nitrogens with one attached hydrogen (secondary N) is 1. The van der Waals surface area contributed by atoms with E-state index in [0.29, 0.717) is 25.5 Å². The maximum Gasteiger partial charge on any atom is 0.224 e. The Labute approximate surface area is 121 Å². The van der Waals surface area contributed by atoms with E-state index in [-0.39, 0.29) is 11.4 Å². The summed E-state index contributed by atoms with van der Waals surface area (Å²) in [7, 11) is 0. The zero-order chi connectivity index (χ0) is 15.2. The molecule has 0 fully saturated rings. The molecule has 1 aromatic rings. The predicted molar refractivity (Wildman–Crippen MR) is 81.8 cm³/mol. The Kier molecular flexibility index (Phi) is 6.02. The molecule has 4 nitrogen and oxygen atoms in total. The second kappa shape index (κ2) is 7.29. The maximum atomic E-state index is 11.9. The Morgan fingerprint density at radius 1 is 1.30 bits per heavy atom. The lowest BCUT2D eigenvalue weighted by Crippen LogP contribution is -2.49. The van der Waals surface area contributed by atoms with Gasteiger partial charge in [0.25, 0.3) is 0 Å². The number of benzene rings is 1. The Morgan fingerprint density at radius 3 is 2.40 bits per heavy atom. The number of hydrogen-bond donors (Lipinski definition) is 2. The quantitative estimate of drug-likeness (QED) is 0.803. The van der Waals surface area contributed by atoms with Gasteiger partial charge in [0.2, 0.25) is 5.91 Å². The van der Waals surface area contributed by atoms with Crippen molar-refractivity contribution in [3.8, 4) is 5.75 Å². The number of ether oxygens (including phenoxy) is 1.